The Kier molecular flexibility index (Phi) is 5.00. The zero-order valence-corrected chi connectivity index (χ0v) is 15.9. The molecule has 1 N–H and O–H groups in total. The third-order valence-corrected chi connectivity index (χ3v) is 5.58. The summed E-state index contributed by atoms with van der Waals surface area (Å²) in [6, 6.07) is 10.8. The fourth-order valence-electron chi connectivity index (χ4n) is 4.09. The number of carbonyl (C=O) groups excluding carboxylic acids is 3. The van der Waals surface area contributed by atoms with Crippen LogP contribution in [0.3, 0.4) is 0 Å². The third-order valence-electron chi connectivity index (χ3n) is 5.58. The van der Waals surface area contributed by atoms with Gasteiger partial charge < -0.3 is 9.88 Å². The molecule has 1 atom stereocenters. The minimum absolute atomic E-state index is 0.0774. The first-order valence-electron chi connectivity index (χ1n) is 9.63. The van der Waals surface area contributed by atoms with Gasteiger partial charge in [0.05, 0.1) is 17.2 Å². The predicted octanol–water partition coefficient (Wildman–Crippen LogP) is 1.57. The van der Waals surface area contributed by atoms with Crippen LogP contribution in [-0.4, -0.2) is 58.3 Å². The molecule has 4 rings (SSSR count). The van der Waals surface area contributed by atoms with Crippen LogP contribution in [0.2, 0.25) is 0 Å². The Morgan fingerprint density at radius 2 is 1.68 bits per heavy atom. The molecule has 3 heterocycles. The largest absolute Gasteiger partial charge is 0.353 e. The van der Waals surface area contributed by atoms with Crippen LogP contribution in [0.1, 0.15) is 45.3 Å². The molecule has 2 aromatic rings. The molecule has 1 aromatic carbocycles. The summed E-state index contributed by atoms with van der Waals surface area (Å²) in [4.78, 5) is 40.8. The molecule has 7 nitrogen and oxygen atoms in total. The number of amides is 3. The van der Waals surface area contributed by atoms with Gasteiger partial charge in [0.25, 0.3) is 11.8 Å². The van der Waals surface area contributed by atoms with Crippen molar-refractivity contribution in [2.24, 2.45) is 7.05 Å². The molecule has 7 heteroatoms. The Balaban J connectivity index is 1.41. The summed E-state index contributed by atoms with van der Waals surface area (Å²) in [7, 11) is 2.00. The van der Waals surface area contributed by atoms with E-state index in [1.165, 1.54) is 0 Å². The zero-order valence-electron chi connectivity index (χ0n) is 15.9. The van der Waals surface area contributed by atoms with Gasteiger partial charge in [-0.15, -0.1) is 0 Å². The van der Waals surface area contributed by atoms with Crippen LogP contribution in [0.4, 0.5) is 0 Å². The lowest BCUT2D eigenvalue weighted by Crippen LogP contribution is -2.43. The molecule has 0 aliphatic carbocycles. The molecule has 146 valence electrons. The summed E-state index contributed by atoms with van der Waals surface area (Å²) in [6.45, 7) is 2.19. The number of aromatic nitrogens is 1. The van der Waals surface area contributed by atoms with Crippen molar-refractivity contribution in [3.05, 3.63) is 59.4 Å². The Morgan fingerprint density at radius 1 is 1.04 bits per heavy atom. The fraction of sp³-hybridized carbons (Fsp3) is 0.381. The van der Waals surface area contributed by atoms with Crippen LogP contribution >= 0.6 is 0 Å². The first-order valence-corrected chi connectivity index (χ1v) is 9.63. The number of benzene rings is 1. The Morgan fingerprint density at radius 3 is 2.25 bits per heavy atom. The maximum absolute atomic E-state index is 12.5. The van der Waals surface area contributed by atoms with Gasteiger partial charge in [-0.05, 0) is 50.2 Å². The summed E-state index contributed by atoms with van der Waals surface area (Å²) < 4.78 is 2.07. The molecular formula is C21H24N4O3. The number of hydrogen-bond acceptors (Lipinski definition) is 4. The van der Waals surface area contributed by atoms with E-state index in [4.69, 9.17) is 0 Å². The molecule has 0 bridgehead atoms. The first-order chi connectivity index (χ1) is 13.6. The number of carbonyl (C=O) groups is 3. The van der Waals surface area contributed by atoms with Crippen LogP contribution in [0.25, 0.3) is 0 Å². The Bertz CT molecular complexity index is 879. The van der Waals surface area contributed by atoms with Crippen molar-refractivity contribution < 1.29 is 14.4 Å². The van der Waals surface area contributed by atoms with Crippen molar-refractivity contribution in [1.82, 2.24) is 19.7 Å². The molecule has 0 spiro atoms. The van der Waals surface area contributed by atoms with E-state index in [1.807, 2.05) is 19.3 Å². The maximum atomic E-state index is 12.5. The molecule has 1 unspecified atom stereocenters. The van der Waals surface area contributed by atoms with Crippen LogP contribution < -0.4 is 5.32 Å². The molecule has 28 heavy (non-hydrogen) atoms. The normalized spacial score (nSPS) is 17.8. The second kappa shape index (κ2) is 7.59. The lowest BCUT2D eigenvalue weighted by atomic mass is 10.1. The molecule has 2 aliphatic rings. The van der Waals surface area contributed by atoms with Gasteiger partial charge >= 0.3 is 0 Å². The number of likely N-dealkylation sites (tertiary alicyclic amines) is 1. The van der Waals surface area contributed by atoms with Crippen LogP contribution in [0.15, 0.2) is 42.6 Å². The van der Waals surface area contributed by atoms with E-state index in [2.05, 4.69) is 20.9 Å². The topological polar surface area (TPSA) is 74.6 Å². The average molecular weight is 380 g/mol. The fourth-order valence-corrected chi connectivity index (χ4v) is 4.09. The summed E-state index contributed by atoms with van der Waals surface area (Å²) in [5, 5.41) is 2.93. The smallest absolute Gasteiger partial charge is 0.262 e. The summed E-state index contributed by atoms with van der Waals surface area (Å²) in [5.74, 6) is -1.14. The van der Waals surface area contributed by atoms with Gasteiger partial charge in [0.2, 0.25) is 5.91 Å². The van der Waals surface area contributed by atoms with E-state index < -0.39 is 11.8 Å². The van der Waals surface area contributed by atoms with Crippen molar-refractivity contribution in [2.75, 3.05) is 26.2 Å². The summed E-state index contributed by atoms with van der Waals surface area (Å²) in [5.41, 5.74) is 1.86. The van der Waals surface area contributed by atoms with E-state index in [0.29, 0.717) is 17.7 Å². The van der Waals surface area contributed by atoms with E-state index in [1.54, 1.807) is 24.3 Å². The SMILES string of the molecule is Cn1cccc1C(CNC(=O)CN1C(=O)c2ccccc2C1=O)N1CCCC1. The van der Waals surface area contributed by atoms with Crippen molar-refractivity contribution in [3.8, 4) is 0 Å². The highest BCUT2D eigenvalue weighted by Crippen LogP contribution is 2.25. The minimum atomic E-state index is -0.408. The van der Waals surface area contributed by atoms with Gasteiger partial charge in [-0.1, -0.05) is 12.1 Å². The van der Waals surface area contributed by atoms with E-state index in [-0.39, 0.29) is 18.5 Å². The molecular weight excluding hydrogens is 356 g/mol. The number of hydrogen-bond donors (Lipinski definition) is 1. The molecule has 1 saturated heterocycles. The van der Waals surface area contributed by atoms with Crippen molar-refractivity contribution in [1.29, 1.82) is 0 Å². The molecule has 1 fully saturated rings. The molecule has 3 amide bonds. The lowest BCUT2D eigenvalue weighted by molar-refractivity contribution is -0.121. The Hall–Kier alpha value is -2.93. The van der Waals surface area contributed by atoms with Crippen molar-refractivity contribution in [2.45, 2.75) is 18.9 Å². The van der Waals surface area contributed by atoms with Crippen LogP contribution in [-0.2, 0) is 11.8 Å². The van der Waals surface area contributed by atoms with Crippen molar-refractivity contribution in [3.63, 3.8) is 0 Å². The minimum Gasteiger partial charge on any atom is -0.353 e. The van der Waals surface area contributed by atoms with E-state index in [0.717, 1.165) is 36.5 Å². The molecule has 2 aliphatic heterocycles. The first kappa shape index (κ1) is 18.4. The second-order valence-corrected chi connectivity index (χ2v) is 7.35. The second-order valence-electron chi connectivity index (χ2n) is 7.35. The highest BCUT2D eigenvalue weighted by atomic mass is 16.2. The highest BCUT2D eigenvalue weighted by Gasteiger charge is 2.36. The number of imide groups is 1. The third kappa shape index (κ3) is 3.33. The molecule has 1 aromatic heterocycles. The van der Waals surface area contributed by atoms with Gasteiger partial charge in [-0.25, -0.2) is 0 Å². The number of rotatable bonds is 6. The van der Waals surface area contributed by atoms with E-state index >= 15 is 0 Å². The van der Waals surface area contributed by atoms with Crippen LogP contribution in [0, 0.1) is 0 Å². The summed E-state index contributed by atoms with van der Waals surface area (Å²) >= 11 is 0. The lowest BCUT2D eigenvalue weighted by Gasteiger charge is -2.28. The zero-order chi connectivity index (χ0) is 19.7. The number of nitrogens with zero attached hydrogens (tertiary/aromatic N) is 3. The quantitative estimate of drug-likeness (QED) is 0.772. The maximum Gasteiger partial charge on any atom is 0.262 e. The summed E-state index contributed by atoms with van der Waals surface area (Å²) in [6.07, 6.45) is 4.31. The van der Waals surface area contributed by atoms with Gasteiger partial charge in [0.15, 0.2) is 0 Å². The monoisotopic (exact) mass is 380 g/mol. The van der Waals surface area contributed by atoms with E-state index in [9.17, 15) is 14.4 Å². The van der Waals surface area contributed by atoms with Gasteiger partial charge in [-0.2, -0.15) is 0 Å². The molecule has 0 saturated carbocycles. The Labute approximate surface area is 163 Å². The average Bonchev–Trinajstić information content (AvgIpc) is 3.42. The van der Waals surface area contributed by atoms with Gasteiger partial charge in [0, 0.05) is 25.5 Å². The van der Waals surface area contributed by atoms with Crippen LogP contribution in [0.5, 0.6) is 0 Å². The van der Waals surface area contributed by atoms with Crippen molar-refractivity contribution >= 4 is 17.7 Å². The molecule has 0 radical (unpaired) electrons. The number of nitrogens with one attached hydrogen (secondary N) is 1. The standard InChI is InChI=1S/C21H24N4O3/c1-23-10-6-9-17(23)18(24-11-4-5-12-24)13-22-19(26)14-25-20(27)15-7-2-3-8-16(15)21(25)28/h2-3,6-10,18H,4-5,11-14H2,1H3,(H,22,26). The predicted molar refractivity (Wildman–Crippen MR) is 104 cm³/mol. The number of fused-ring (bicyclic) bond motifs is 1. The number of aryl methyl sites for hydroxylation is 1. The highest BCUT2D eigenvalue weighted by molar-refractivity contribution is 6.22. The van der Waals surface area contributed by atoms with Gasteiger partial charge in [-0.3, -0.25) is 24.2 Å². The van der Waals surface area contributed by atoms with Gasteiger partial charge in [0.1, 0.15) is 6.54 Å².